The third kappa shape index (κ3) is 6.66. The van der Waals surface area contributed by atoms with Gasteiger partial charge < -0.3 is 32.8 Å². The molecule has 85 heavy (non-hydrogen) atoms. The molecule has 3 aliphatic heterocycles. The van der Waals surface area contributed by atoms with Gasteiger partial charge in [-0.3, -0.25) is 0 Å². The lowest BCUT2D eigenvalue weighted by atomic mass is 9.35. The van der Waals surface area contributed by atoms with Crippen LogP contribution in [0.25, 0.3) is 82.5 Å². The fourth-order valence-electron chi connectivity index (χ4n) is 13.8. The van der Waals surface area contributed by atoms with Gasteiger partial charge in [0.15, 0.2) is 11.5 Å². The molecular weight excluding hydrogens is 1070 g/mol. The second-order valence-corrected chi connectivity index (χ2v) is 23.8. The highest BCUT2D eigenvalue weighted by Gasteiger charge is 2.41. The smallest absolute Gasteiger partial charge is 0.260 e. The van der Waals surface area contributed by atoms with Crippen molar-refractivity contribution in [3.63, 3.8) is 0 Å². The van der Waals surface area contributed by atoms with Gasteiger partial charge in [-0.05, 0) is 132 Å². The minimum Gasteiger partial charge on any atom is -0.458 e. The average molecular weight is 1110 g/mol. The van der Waals surface area contributed by atoms with Crippen LogP contribution >= 0.6 is 0 Å². The standard InChI is InChI=1S/C73H42BN5O5S/c75-43-44-16-15-17-50(40-44)85(80,81)49-38-36-47(37-39-49)78-57-24-7-2-19-52(57)68-72(78)67-51-18-1-6-23-56(51)77(46-34-32-45(33-35-46)76-59-26-9-13-30-63(59)84-64-31-14-10-27-60(64)76)71(67)69-53-20-3-8-25-58(53)79(73(68)69)48-41-65-70-66(42-48)83-62-29-12-5-22-55(62)74(70)54-21-4-11-28-61(54)82-65/h1-42H. The Hall–Kier alpha value is -11.3. The summed E-state index contributed by atoms with van der Waals surface area (Å²) in [6, 6.07) is 87.3. The molecule has 6 heterocycles. The number of aromatic nitrogens is 3. The van der Waals surface area contributed by atoms with Crippen molar-refractivity contribution < 1.29 is 22.6 Å². The molecule has 15 aromatic rings. The number of anilines is 3. The molecule has 10 nitrogen and oxygen atoms in total. The Morgan fingerprint density at radius 2 is 0.776 bits per heavy atom. The van der Waals surface area contributed by atoms with Crippen LogP contribution in [0.5, 0.6) is 34.5 Å². The van der Waals surface area contributed by atoms with Gasteiger partial charge in [0.2, 0.25) is 9.84 Å². The number of para-hydroxylation sites is 9. The molecule has 0 spiro atoms. The molecule has 12 aromatic carbocycles. The van der Waals surface area contributed by atoms with Gasteiger partial charge in [0.05, 0.1) is 71.6 Å². The molecule has 0 unspecified atom stereocenters. The Kier molecular flexibility index (Phi) is 9.83. The maximum absolute atomic E-state index is 14.3. The molecule has 398 valence electrons. The van der Waals surface area contributed by atoms with Crippen molar-refractivity contribution in [3.05, 3.63) is 260 Å². The summed E-state index contributed by atoms with van der Waals surface area (Å²) in [5.74, 6) is 4.63. The molecular formula is C73H42BN5O5S. The van der Waals surface area contributed by atoms with Gasteiger partial charge in [-0.1, -0.05) is 121 Å². The van der Waals surface area contributed by atoms with Crippen molar-refractivity contribution in [1.82, 2.24) is 13.7 Å². The zero-order valence-corrected chi connectivity index (χ0v) is 45.8. The van der Waals surface area contributed by atoms with Crippen LogP contribution in [0.1, 0.15) is 5.56 Å². The summed E-state index contributed by atoms with van der Waals surface area (Å²) in [5, 5.41) is 15.9. The van der Waals surface area contributed by atoms with E-state index in [0.29, 0.717) is 0 Å². The highest BCUT2D eigenvalue weighted by Crippen LogP contribution is 2.53. The van der Waals surface area contributed by atoms with Gasteiger partial charge in [-0.15, -0.1) is 0 Å². The number of sulfone groups is 1. The zero-order valence-electron chi connectivity index (χ0n) is 45.0. The highest BCUT2D eigenvalue weighted by molar-refractivity contribution is 7.91. The molecule has 3 aliphatic rings. The Morgan fingerprint density at radius 1 is 0.365 bits per heavy atom. The molecule has 18 rings (SSSR count). The molecule has 0 aliphatic carbocycles. The largest absolute Gasteiger partial charge is 0.458 e. The SMILES string of the molecule is N#Cc1cccc(S(=O)(=O)c2ccc(-n3c4ccccc4c4c3c3c5ccccc5n(-c5ccc(N6c7ccccc7Oc7ccccc76)cc5)c3c3c5ccccc5n(-c5cc6c7c(c5)Oc5ccccc5B7c5ccccc5O6)c34)cc2)c1. The minimum atomic E-state index is -3.99. The van der Waals surface area contributed by atoms with Crippen molar-refractivity contribution >= 4 is 115 Å². The maximum atomic E-state index is 14.3. The third-order valence-corrected chi connectivity index (χ3v) is 19.1. The third-order valence-electron chi connectivity index (χ3n) is 17.3. The number of hydrogen-bond acceptors (Lipinski definition) is 7. The van der Waals surface area contributed by atoms with E-state index in [-0.39, 0.29) is 22.1 Å². The lowest BCUT2D eigenvalue weighted by Crippen LogP contribution is -2.57. The highest BCUT2D eigenvalue weighted by atomic mass is 32.2. The summed E-state index contributed by atoms with van der Waals surface area (Å²) in [4.78, 5) is 2.44. The Bertz CT molecular complexity index is 5470. The minimum absolute atomic E-state index is 0.0598. The van der Waals surface area contributed by atoms with Crippen molar-refractivity contribution in [2.24, 2.45) is 0 Å². The van der Waals surface area contributed by atoms with Crippen molar-refractivity contribution in [1.29, 1.82) is 5.26 Å². The number of benzene rings is 12. The van der Waals surface area contributed by atoms with Crippen LogP contribution in [0.15, 0.2) is 265 Å². The summed E-state index contributed by atoms with van der Waals surface area (Å²) in [5.41, 5.74) is 14.8. The molecule has 0 saturated carbocycles. The normalized spacial score (nSPS) is 13.0. The second kappa shape index (κ2) is 17.6. The molecule has 0 atom stereocenters. The first-order valence-corrected chi connectivity index (χ1v) is 29.6. The first kappa shape index (κ1) is 47.4. The number of nitriles is 1. The first-order chi connectivity index (χ1) is 41.9. The van der Waals surface area contributed by atoms with Crippen LogP contribution in [0.3, 0.4) is 0 Å². The molecule has 12 heteroatoms. The summed E-state index contributed by atoms with van der Waals surface area (Å²) < 4.78 is 56.2. The van der Waals surface area contributed by atoms with Gasteiger partial charge in [0.25, 0.3) is 6.71 Å². The van der Waals surface area contributed by atoms with Gasteiger partial charge in [0, 0.05) is 67.0 Å². The van der Waals surface area contributed by atoms with E-state index in [9.17, 15) is 13.7 Å². The summed E-state index contributed by atoms with van der Waals surface area (Å²) >= 11 is 0. The average Bonchev–Trinajstić information content (AvgIpc) is 1.55. The van der Waals surface area contributed by atoms with Gasteiger partial charge in [-0.25, -0.2) is 8.42 Å². The molecule has 0 N–H and O–H groups in total. The Labute approximate surface area is 487 Å². The fraction of sp³-hybridized carbons (Fsp3) is 0. The van der Waals surface area contributed by atoms with Crippen LogP contribution in [0, 0.1) is 11.3 Å². The van der Waals surface area contributed by atoms with Crippen LogP contribution in [-0.4, -0.2) is 28.8 Å². The second-order valence-electron chi connectivity index (χ2n) is 21.8. The van der Waals surface area contributed by atoms with E-state index in [1.54, 1.807) is 24.3 Å². The van der Waals surface area contributed by atoms with E-state index >= 15 is 0 Å². The fourth-order valence-corrected chi connectivity index (χ4v) is 15.1. The van der Waals surface area contributed by atoms with Crippen LogP contribution in [0.4, 0.5) is 17.1 Å². The van der Waals surface area contributed by atoms with Crippen molar-refractivity contribution in [2.45, 2.75) is 9.79 Å². The zero-order chi connectivity index (χ0) is 56.2. The molecule has 0 fully saturated rings. The summed E-state index contributed by atoms with van der Waals surface area (Å²) in [7, 11) is -3.99. The summed E-state index contributed by atoms with van der Waals surface area (Å²) in [6.45, 7) is -0.102. The Morgan fingerprint density at radius 3 is 1.28 bits per heavy atom. The lowest BCUT2D eigenvalue weighted by molar-refractivity contribution is 0.464. The van der Waals surface area contributed by atoms with E-state index in [2.05, 4.69) is 182 Å². The van der Waals surface area contributed by atoms with E-state index in [1.165, 1.54) is 12.1 Å². The number of ether oxygens (including phenoxy) is 3. The van der Waals surface area contributed by atoms with E-state index in [4.69, 9.17) is 14.2 Å². The van der Waals surface area contributed by atoms with E-state index in [0.717, 1.165) is 150 Å². The van der Waals surface area contributed by atoms with E-state index in [1.807, 2.05) is 60.7 Å². The molecule has 0 saturated heterocycles. The molecule has 3 aromatic heterocycles. The van der Waals surface area contributed by atoms with E-state index < -0.39 is 9.84 Å². The van der Waals surface area contributed by atoms with Crippen LogP contribution in [-0.2, 0) is 9.84 Å². The van der Waals surface area contributed by atoms with Crippen LogP contribution in [0.2, 0.25) is 0 Å². The first-order valence-electron chi connectivity index (χ1n) is 28.1. The predicted octanol–water partition coefficient (Wildman–Crippen LogP) is 16.0. The topological polar surface area (TPSA) is 104 Å². The number of rotatable bonds is 6. The van der Waals surface area contributed by atoms with Crippen molar-refractivity contribution in [2.75, 3.05) is 4.90 Å². The quantitative estimate of drug-likeness (QED) is 0.153. The molecule has 0 radical (unpaired) electrons. The van der Waals surface area contributed by atoms with Crippen molar-refractivity contribution in [3.8, 4) is 57.6 Å². The Balaban J connectivity index is 0.956. The molecule has 0 amide bonds. The maximum Gasteiger partial charge on any atom is 0.260 e. The van der Waals surface area contributed by atoms with Gasteiger partial charge in [-0.2, -0.15) is 5.26 Å². The monoisotopic (exact) mass is 1110 g/mol. The van der Waals surface area contributed by atoms with Crippen LogP contribution < -0.4 is 35.5 Å². The summed E-state index contributed by atoms with van der Waals surface area (Å²) in [6.07, 6.45) is 0. The van der Waals surface area contributed by atoms with Gasteiger partial charge in [0.1, 0.15) is 23.0 Å². The number of hydrogen-bond donors (Lipinski definition) is 0. The molecule has 0 bridgehead atoms. The lowest BCUT2D eigenvalue weighted by Gasteiger charge is -2.33. The predicted molar refractivity (Wildman–Crippen MR) is 339 cm³/mol. The number of nitrogens with zero attached hydrogens (tertiary/aromatic N) is 5. The van der Waals surface area contributed by atoms with Gasteiger partial charge >= 0.3 is 0 Å². The number of fused-ring (bicyclic) bond motifs is 18.